The third-order valence-corrected chi connectivity index (χ3v) is 3.21. The van der Waals surface area contributed by atoms with Gasteiger partial charge in [0.1, 0.15) is 5.82 Å². The zero-order valence-electron chi connectivity index (χ0n) is 10.6. The summed E-state index contributed by atoms with van der Waals surface area (Å²) in [4.78, 5) is 11.6. The van der Waals surface area contributed by atoms with Gasteiger partial charge in [-0.05, 0) is 41.5 Å². The van der Waals surface area contributed by atoms with Crippen LogP contribution in [0.4, 0.5) is 4.39 Å². The lowest BCUT2D eigenvalue weighted by atomic mass is 10.2. The van der Waals surface area contributed by atoms with E-state index in [1.807, 2.05) is 24.3 Å². The predicted molar refractivity (Wildman–Crippen MR) is 81.4 cm³/mol. The molecule has 0 aliphatic rings. The van der Waals surface area contributed by atoms with E-state index in [9.17, 15) is 9.18 Å². The second-order valence-corrected chi connectivity index (χ2v) is 5.14. The topological polar surface area (TPSA) is 29.1 Å². The molecule has 0 radical (unpaired) electrons. The summed E-state index contributed by atoms with van der Waals surface area (Å²) in [7, 11) is 0. The van der Waals surface area contributed by atoms with Gasteiger partial charge in [-0.3, -0.25) is 4.79 Å². The molecule has 4 heteroatoms. The highest BCUT2D eigenvalue weighted by Gasteiger charge is 1.97. The Morgan fingerprint density at radius 3 is 2.40 bits per heavy atom. The summed E-state index contributed by atoms with van der Waals surface area (Å²) >= 11 is 3.35. The molecule has 0 saturated carbocycles. The fraction of sp³-hybridized carbons (Fsp3) is 0.0625. The standard InChI is InChI=1S/C16H13BrFNO/c17-14-6-1-12(2-7-14)5-10-16(20)19-11-13-3-8-15(18)9-4-13/h1-10H,11H2,(H,19,20). The highest BCUT2D eigenvalue weighted by Crippen LogP contribution is 2.11. The Morgan fingerprint density at radius 1 is 1.10 bits per heavy atom. The van der Waals surface area contributed by atoms with Crippen LogP contribution in [0.3, 0.4) is 0 Å². The molecule has 0 fully saturated rings. The van der Waals surface area contributed by atoms with Crippen molar-refractivity contribution in [2.75, 3.05) is 0 Å². The van der Waals surface area contributed by atoms with Crippen LogP contribution in [0, 0.1) is 5.82 Å². The minimum Gasteiger partial charge on any atom is -0.348 e. The van der Waals surface area contributed by atoms with Gasteiger partial charge in [-0.2, -0.15) is 0 Å². The molecule has 2 rings (SSSR count). The number of carbonyl (C=O) groups excluding carboxylic acids is 1. The Hall–Kier alpha value is -1.94. The first-order chi connectivity index (χ1) is 9.63. The van der Waals surface area contributed by atoms with E-state index in [1.165, 1.54) is 18.2 Å². The molecule has 2 aromatic carbocycles. The molecule has 1 amide bonds. The maximum atomic E-state index is 12.7. The average molecular weight is 334 g/mol. The third kappa shape index (κ3) is 4.63. The van der Waals surface area contributed by atoms with Crippen molar-refractivity contribution in [1.82, 2.24) is 5.32 Å². The molecule has 0 spiro atoms. The van der Waals surface area contributed by atoms with E-state index in [0.717, 1.165) is 15.6 Å². The summed E-state index contributed by atoms with van der Waals surface area (Å²) in [6.07, 6.45) is 3.22. The Kier molecular flexibility index (Phi) is 5.07. The lowest BCUT2D eigenvalue weighted by Gasteiger charge is -2.02. The van der Waals surface area contributed by atoms with E-state index in [1.54, 1.807) is 18.2 Å². The molecule has 2 aromatic rings. The van der Waals surface area contributed by atoms with Crippen LogP contribution in [0.15, 0.2) is 59.1 Å². The molecule has 0 aromatic heterocycles. The molecular weight excluding hydrogens is 321 g/mol. The van der Waals surface area contributed by atoms with Crippen LogP contribution in [0.1, 0.15) is 11.1 Å². The van der Waals surface area contributed by atoms with Crippen molar-refractivity contribution in [3.8, 4) is 0 Å². The first-order valence-electron chi connectivity index (χ1n) is 6.09. The molecule has 0 atom stereocenters. The van der Waals surface area contributed by atoms with Gasteiger partial charge in [0.15, 0.2) is 0 Å². The molecule has 1 N–H and O–H groups in total. The number of carbonyl (C=O) groups is 1. The number of hydrogen-bond donors (Lipinski definition) is 1. The molecule has 0 unspecified atom stereocenters. The molecule has 0 saturated heterocycles. The zero-order chi connectivity index (χ0) is 14.4. The van der Waals surface area contributed by atoms with Crippen molar-refractivity contribution in [3.05, 3.63) is 76.0 Å². The van der Waals surface area contributed by atoms with E-state index in [0.29, 0.717) is 6.54 Å². The summed E-state index contributed by atoms with van der Waals surface area (Å²) in [6, 6.07) is 13.7. The fourth-order valence-corrected chi connectivity index (χ4v) is 1.86. The molecule has 102 valence electrons. The Labute approximate surface area is 125 Å². The number of nitrogens with one attached hydrogen (secondary N) is 1. The van der Waals surface area contributed by atoms with Crippen molar-refractivity contribution >= 4 is 27.9 Å². The smallest absolute Gasteiger partial charge is 0.244 e. The van der Waals surface area contributed by atoms with Crippen LogP contribution >= 0.6 is 15.9 Å². The van der Waals surface area contributed by atoms with Gasteiger partial charge in [0.05, 0.1) is 0 Å². The third-order valence-electron chi connectivity index (χ3n) is 2.68. The van der Waals surface area contributed by atoms with Crippen molar-refractivity contribution < 1.29 is 9.18 Å². The number of amides is 1. The number of hydrogen-bond acceptors (Lipinski definition) is 1. The monoisotopic (exact) mass is 333 g/mol. The highest BCUT2D eigenvalue weighted by atomic mass is 79.9. The molecular formula is C16H13BrFNO. The van der Waals surface area contributed by atoms with Crippen LogP contribution in [-0.4, -0.2) is 5.91 Å². The highest BCUT2D eigenvalue weighted by molar-refractivity contribution is 9.10. The van der Waals surface area contributed by atoms with Gasteiger partial charge in [0.25, 0.3) is 0 Å². The van der Waals surface area contributed by atoms with Crippen molar-refractivity contribution in [2.24, 2.45) is 0 Å². The van der Waals surface area contributed by atoms with Gasteiger partial charge < -0.3 is 5.32 Å². The molecule has 0 heterocycles. The van der Waals surface area contributed by atoms with Crippen LogP contribution in [-0.2, 0) is 11.3 Å². The maximum absolute atomic E-state index is 12.7. The van der Waals surface area contributed by atoms with Crippen molar-refractivity contribution in [2.45, 2.75) is 6.54 Å². The van der Waals surface area contributed by atoms with Crippen LogP contribution < -0.4 is 5.32 Å². The van der Waals surface area contributed by atoms with Crippen LogP contribution in [0.25, 0.3) is 6.08 Å². The first-order valence-corrected chi connectivity index (χ1v) is 6.89. The Morgan fingerprint density at radius 2 is 1.75 bits per heavy atom. The zero-order valence-corrected chi connectivity index (χ0v) is 12.2. The van der Waals surface area contributed by atoms with E-state index in [-0.39, 0.29) is 11.7 Å². The summed E-state index contributed by atoms with van der Waals surface area (Å²) in [5.74, 6) is -0.465. The lowest BCUT2D eigenvalue weighted by molar-refractivity contribution is -0.116. The van der Waals surface area contributed by atoms with Gasteiger partial charge in [-0.15, -0.1) is 0 Å². The van der Waals surface area contributed by atoms with E-state index < -0.39 is 0 Å². The average Bonchev–Trinajstić information content (AvgIpc) is 2.46. The quantitative estimate of drug-likeness (QED) is 0.844. The molecule has 20 heavy (non-hydrogen) atoms. The first kappa shape index (κ1) is 14.5. The van der Waals surface area contributed by atoms with Gasteiger partial charge in [0.2, 0.25) is 5.91 Å². The van der Waals surface area contributed by atoms with E-state index in [4.69, 9.17) is 0 Å². The van der Waals surface area contributed by atoms with Gasteiger partial charge in [-0.25, -0.2) is 4.39 Å². The molecule has 2 nitrogen and oxygen atoms in total. The number of benzene rings is 2. The molecule has 0 aliphatic heterocycles. The number of halogens is 2. The Bertz CT molecular complexity index is 605. The predicted octanol–water partition coefficient (Wildman–Crippen LogP) is 3.92. The van der Waals surface area contributed by atoms with Gasteiger partial charge >= 0.3 is 0 Å². The van der Waals surface area contributed by atoms with Crippen LogP contribution in [0.5, 0.6) is 0 Å². The van der Waals surface area contributed by atoms with Gasteiger partial charge in [0, 0.05) is 17.1 Å². The van der Waals surface area contributed by atoms with Crippen molar-refractivity contribution in [3.63, 3.8) is 0 Å². The normalized spacial score (nSPS) is 10.7. The largest absolute Gasteiger partial charge is 0.348 e. The number of rotatable bonds is 4. The summed E-state index contributed by atoms with van der Waals surface area (Å²) in [5.41, 5.74) is 1.81. The fourth-order valence-electron chi connectivity index (χ4n) is 1.60. The van der Waals surface area contributed by atoms with Gasteiger partial charge in [-0.1, -0.05) is 40.2 Å². The second kappa shape index (κ2) is 7.01. The minimum absolute atomic E-state index is 0.183. The summed E-state index contributed by atoms with van der Waals surface area (Å²) in [5, 5.41) is 2.74. The minimum atomic E-state index is -0.282. The molecule has 0 aliphatic carbocycles. The molecule has 0 bridgehead atoms. The summed E-state index contributed by atoms with van der Waals surface area (Å²) in [6.45, 7) is 0.379. The second-order valence-electron chi connectivity index (χ2n) is 4.23. The van der Waals surface area contributed by atoms with E-state index >= 15 is 0 Å². The summed E-state index contributed by atoms with van der Waals surface area (Å²) < 4.78 is 13.7. The van der Waals surface area contributed by atoms with Crippen LogP contribution in [0.2, 0.25) is 0 Å². The van der Waals surface area contributed by atoms with E-state index in [2.05, 4.69) is 21.2 Å². The Balaban J connectivity index is 1.86. The lowest BCUT2D eigenvalue weighted by Crippen LogP contribution is -2.20. The SMILES string of the molecule is O=C(C=Cc1ccc(Br)cc1)NCc1ccc(F)cc1. The van der Waals surface area contributed by atoms with Crippen molar-refractivity contribution in [1.29, 1.82) is 0 Å². The maximum Gasteiger partial charge on any atom is 0.244 e.